The van der Waals surface area contributed by atoms with Crippen molar-refractivity contribution < 1.29 is 23.8 Å². The standard InChI is InChI=1S/C17H21ClFNO4/c1-11(24-15-6-5-13(19)9-14(15)18)17(23)20-8-2-3-12(10-20)4-7-16(21)22/h5-6,9,11-12H,2-4,7-8,10H2,1H3,(H,21,22). The summed E-state index contributed by atoms with van der Waals surface area (Å²) in [5.74, 6) is -1.00. The van der Waals surface area contributed by atoms with E-state index in [1.54, 1.807) is 11.8 Å². The first-order valence-electron chi connectivity index (χ1n) is 7.99. The Morgan fingerprint density at radius 1 is 1.50 bits per heavy atom. The van der Waals surface area contributed by atoms with Gasteiger partial charge in [0.15, 0.2) is 6.10 Å². The number of hydrogen-bond acceptors (Lipinski definition) is 3. The van der Waals surface area contributed by atoms with Crippen LogP contribution in [0, 0.1) is 11.7 Å². The molecular formula is C17H21ClFNO4. The van der Waals surface area contributed by atoms with E-state index in [9.17, 15) is 14.0 Å². The second kappa shape index (κ2) is 8.33. The number of rotatable bonds is 6. The van der Waals surface area contributed by atoms with Crippen molar-refractivity contribution in [1.29, 1.82) is 0 Å². The highest BCUT2D eigenvalue weighted by Gasteiger charge is 2.28. The van der Waals surface area contributed by atoms with Crippen LogP contribution in [0.3, 0.4) is 0 Å². The first kappa shape index (κ1) is 18.5. The number of nitrogens with zero attached hydrogens (tertiary/aromatic N) is 1. The molecule has 0 radical (unpaired) electrons. The van der Waals surface area contributed by atoms with Gasteiger partial charge in [0.25, 0.3) is 5.91 Å². The van der Waals surface area contributed by atoms with E-state index in [2.05, 4.69) is 0 Å². The van der Waals surface area contributed by atoms with Crippen molar-refractivity contribution in [3.05, 3.63) is 29.0 Å². The van der Waals surface area contributed by atoms with Gasteiger partial charge in [-0.1, -0.05) is 11.6 Å². The summed E-state index contributed by atoms with van der Waals surface area (Å²) in [7, 11) is 0. The molecule has 1 fully saturated rings. The molecule has 1 aliphatic rings. The number of carboxylic acid groups (broad SMARTS) is 1. The molecular weight excluding hydrogens is 337 g/mol. The second-order valence-corrected chi connectivity index (χ2v) is 6.47. The lowest BCUT2D eigenvalue weighted by molar-refractivity contribution is -0.140. The molecule has 1 heterocycles. The third-order valence-electron chi connectivity index (χ3n) is 4.14. The smallest absolute Gasteiger partial charge is 0.303 e. The molecule has 1 N–H and O–H groups in total. The first-order valence-corrected chi connectivity index (χ1v) is 8.37. The van der Waals surface area contributed by atoms with E-state index in [1.807, 2.05) is 0 Å². The topological polar surface area (TPSA) is 66.8 Å². The van der Waals surface area contributed by atoms with Gasteiger partial charge in [-0.2, -0.15) is 0 Å². The Balaban J connectivity index is 1.93. The summed E-state index contributed by atoms with van der Waals surface area (Å²) in [6.07, 6.45) is 1.71. The average Bonchev–Trinajstić information content (AvgIpc) is 2.55. The number of amides is 1. The van der Waals surface area contributed by atoms with Crippen molar-refractivity contribution in [2.24, 2.45) is 5.92 Å². The van der Waals surface area contributed by atoms with Crippen LogP contribution in [-0.4, -0.2) is 41.1 Å². The fourth-order valence-electron chi connectivity index (χ4n) is 2.90. The molecule has 7 heteroatoms. The number of halogens is 2. The molecule has 24 heavy (non-hydrogen) atoms. The molecule has 0 aromatic heterocycles. The monoisotopic (exact) mass is 357 g/mol. The van der Waals surface area contributed by atoms with Gasteiger partial charge >= 0.3 is 5.97 Å². The second-order valence-electron chi connectivity index (χ2n) is 6.06. The molecule has 1 aromatic carbocycles. The minimum Gasteiger partial charge on any atom is -0.481 e. The number of piperidine rings is 1. The maximum absolute atomic E-state index is 13.0. The molecule has 0 bridgehead atoms. The molecule has 2 rings (SSSR count). The van der Waals surface area contributed by atoms with Crippen molar-refractivity contribution in [1.82, 2.24) is 4.90 Å². The highest BCUT2D eigenvalue weighted by atomic mass is 35.5. The fraction of sp³-hybridized carbons (Fsp3) is 0.529. The normalized spacial score (nSPS) is 19.0. The zero-order chi connectivity index (χ0) is 17.7. The van der Waals surface area contributed by atoms with Crippen molar-refractivity contribution >= 4 is 23.5 Å². The van der Waals surface area contributed by atoms with Crippen molar-refractivity contribution in [2.45, 2.75) is 38.7 Å². The zero-order valence-corrected chi connectivity index (χ0v) is 14.3. The number of likely N-dealkylation sites (tertiary alicyclic amines) is 1. The van der Waals surface area contributed by atoms with Gasteiger partial charge < -0.3 is 14.7 Å². The maximum Gasteiger partial charge on any atom is 0.303 e. The van der Waals surface area contributed by atoms with E-state index in [-0.39, 0.29) is 29.0 Å². The Kier molecular flexibility index (Phi) is 6.43. The number of aliphatic carboxylic acids is 1. The molecule has 0 saturated carbocycles. The Hall–Kier alpha value is -1.82. The van der Waals surface area contributed by atoms with Crippen molar-refractivity contribution in [2.75, 3.05) is 13.1 Å². The third-order valence-corrected chi connectivity index (χ3v) is 4.44. The number of carboxylic acids is 1. The molecule has 1 aromatic rings. The first-order chi connectivity index (χ1) is 11.4. The summed E-state index contributed by atoms with van der Waals surface area (Å²) in [5, 5.41) is 8.90. The van der Waals surface area contributed by atoms with Gasteiger partial charge in [0.2, 0.25) is 0 Å². The minimum absolute atomic E-state index is 0.115. The summed E-state index contributed by atoms with van der Waals surface area (Å²) in [5.41, 5.74) is 0. The van der Waals surface area contributed by atoms with Crippen LogP contribution in [0.5, 0.6) is 5.75 Å². The van der Waals surface area contributed by atoms with Crippen LogP contribution < -0.4 is 4.74 Å². The summed E-state index contributed by atoms with van der Waals surface area (Å²) < 4.78 is 18.6. The summed E-state index contributed by atoms with van der Waals surface area (Å²) in [6, 6.07) is 3.76. The molecule has 1 amide bonds. The zero-order valence-electron chi connectivity index (χ0n) is 13.5. The number of hydrogen-bond donors (Lipinski definition) is 1. The Labute approximate surface area is 145 Å². The van der Waals surface area contributed by atoms with Crippen LogP contribution in [0.4, 0.5) is 4.39 Å². The molecule has 2 atom stereocenters. The van der Waals surface area contributed by atoms with Gasteiger partial charge in [-0.25, -0.2) is 4.39 Å². The summed E-state index contributed by atoms with van der Waals surface area (Å²) in [6.45, 7) is 2.80. The summed E-state index contributed by atoms with van der Waals surface area (Å²) in [4.78, 5) is 24.9. The number of benzene rings is 1. The van der Waals surface area contributed by atoms with Crippen LogP contribution in [-0.2, 0) is 9.59 Å². The van der Waals surface area contributed by atoms with Crippen LogP contribution >= 0.6 is 11.6 Å². The van der Waals surface area contributed by atoms with Crippen LogP contribution in [0.1, 0.15) is 32.6 Å². The largest absolute Gasteiger partial charge is 0.481 e. The van der Waals surface area contributed by atoms with Crippen molar-refractivity contribution in [3.63, 3.8) is 0 Å². The molecule has 0 aliphatic carbocycles. The lowest BCUT2D eigenvalue weighted by Gasteiger charge is -2.34. The molecule has 0 spiro atoms. The predicted molar refractivity (Wildman–Crippen MR) is 87.7 cm³/mol. The highest BCUT2D eigenvalue weighted by Crippen LogP contribution is 2.27. The van der Waals surface area contributed by atoms with E-state index in [1.165, 1.54) is 12.1 Å². The molecule has 2 unspecified atom stereocenters. The third kappa shape index (κ3) is 5.09. The maximum atomic E-state index is 13.0. The Morgan fingerprint density at radius 2 is 2.25 bits per heavy atom. The predicted octanol–water partition coefficient (Wildman–Crippen LogP) is 3.35. The number of carbonyl (C=O) groups is 2. The molecule has 5 nitrogen and oxygen atoms in total. The Bertz CT molecular complexity index is 610. The number of carbonyl (C=O) groups excluding carboxylic acids is 1. The quantitative estimate of drug-likeness (QED) is 0.847. The lowest BCUT2D eigenvalue weighted by atomic mass is 9.93. The van der Waals surface area contributed by atoms with Gasteiger partial charge in [0, 0.05) is 19.5 Å². The van der Waals surface area contributed by atoms with Crippen molar-refractivity contribution in [3.8, 4) is 5.75 Å². The van der Waals surface area contributed by atoms with E-state index >= 15 is 0 Å². The van der Waals surface area contributed by atoms with E-state index in [0.29, 0.717) is 19.5 Å². The van der Waals surface area contributed by atoms with Gasteiger partial charge in [0.1, 0.15) is 11.6 Å². The number of ether oxygens (including phenoxy) is 1. The van der Waals surface area contributed by atoms with Crippen LogP contribution in [0.15, 0.2) is 18.2 Å². The average molecular weight is 358 g/mol. The fourth-order valence-corrected chi connectivity index (χ4v) is 3.11. The summed E-state index contributed by atoms with van der Waals surface area (Å²) >= 11 is 5.91. The SMILES string of the molecule is CC(Oc1ccc(F)cc1Cl)C(=O)N1CCCC(CCC(=O)O)C1. The Morgan fingerprint density at radius 3 is 2.92 bits per heavy atom. The molecule has 132 valence electrons. The molecule has 1 saturated heterocycles. The lowest BCUT2D eigenvalue weighted by Crippen LogP contribution is -2.45. The van der Waals surface area contributed by atoms with E-state index in [0.717, 1.165) is 18.9 Å². The van der Waals surface area contributed by atoms with Gasteiger partial charge in [-0.15, -0.1) is 0 Å². The molecule has 1 aliphatic heterocycles. The van der Waals surface area contributed by atoms with Gasteiger partial charge in [-0.05, 0) is 50.3 Å². The minimum atomic E-state index is -0.818. The van der Waals surface area contributed by atoms with Gasteiger partial charge in [-0.3, -0.25) is 9.59 Å². The highest BCUT2D eigenvalue weighted by molar-refractivity contribution is 6.32. The van der Waals surface area contributed by atoms with Crippen LogP contribution in [0.25, 0.3) is 0 Å². The van der Waals surface area contributed by atoms with Gasteiger partial charge in [0.05, 0.1) is 5.02 Å². The van der Waals surface area contributed by atoms with E-state index in [4.69, 9.17) is 21.4 Å². The van der Waals surface area contributed by atoms with E-state index < -0.39 is 17.9 Å². The van der Waals surface area contributed by atoms with Crippen LogP contribution in [0.2, 0.25) is 5.02 Å².